The van der Waals surface area contributed by atoms with E-state index in [2.05, 4.69) is 16.6 Å². The molecule has 3 nitrogen and oxygen atoms in total. The van der Waals surface area contributed by atoms with Crippen molar-refractivity contribution in [2.24, 2.45) is 0 Å². The molecular weight excluding hydrogens is 200 g/mol. The summed E-state index contributed by atoms with van der Waals surface area (Å²) >= 11 is 0. The second-order valence-corrected chi connectivity index (χ2v) is 3.40. The molecule has 1 unspecified atom stereocenters. The van der Waals surface area contributed by atoms with Gasteiger partial charge >= 0.3 is 0 Å². The Morgan fingerprint density at radius 3 is 2.75 bits per heavy atom. The fraction of sp³-hybridized carbons (Fsp3) is 0.308. The predicted molar refractivity (Wildman–Crippen MR) is 66.4 cm³/mol. The highest BCUT2D eigenvalue weighted by Gasteiger charge is 2.12. The quantitative estimate of drug-likeness (QED) is 0.754. The number of hydrogen-bond donors (Lipinski definition) is 2. The number of anilines is 1. The van der Waals surface area contributed by atoms with E-state index < -0.39 is 0 Å². The summed E-state index contributed by atoms with van der Waals surface area (Å²) in [4.78, 5) is 11.9. The van der Waals surface area contributed by atoms with Crippen molar-refractivity contribution in [1.29, 1.82) is 0 Å². The van der Waals surface area contributed by atoms with Crippen LogP contribution in [-0.4, -0.2) is 19.0 Å². The second-order valence-electron chi connectivity index (χ2n) is 3.40. The van der Waals surface area contributed by atoms with Gasteiger partial charge in [0.15, 0.2) is 0 Å². The summed E-state index contributed by atoms with van der Waals surface area (Å²) in [5.41, 5.74) is 1.41. The topological polar surface area (TPSA) is 41.1 Å². The highest BCUT2D eigenvalue weighted by Crippen LogP contribution is 2.14. The van der Waals surface area contributed by atoms with E-state index >= 15 is 0 Å². The van der Waals surface area contributed by atoms with Crippen LogP contribution in [0.2, 0.25) is 0 Å². The molecule has 0 radical (unpaired) electrons. The third-order valence-electron chi connectivity index (χ3n) is 2.36. The standard InChI is InChI=1S/C13H16N2O/c1-4-10(5-2)15-13(16)11-8-6-7-9-12(11)14-3/h1,6-10,14H,5H2,2-3H3,(H,15,16). The van der Waals surface area contributed by atoms with Gasteiger partial charge in [-0.1, -0.05) is 25.0 Å². The third-order valence-corrected chi connectivity index (χ3v) is 2.36. The average Bonchev–Trinajstić information content (AvgIpc) is 2.35. The number of nitrogens with one attached hydrogen (secondary N) is 2. The van der Waals surface area contributed by atoms with Gasteiger partial charge in [0.2, 0.25) is 0 Å². The number of benzene rings is 1. The number of para-hydroxylation sites is 1. The van der Waals surface area contributed by atoms with E-state index in [-0.39, 0.29) is 11.9 Å². The highest BCUT2D eigenvalue weighted by atomic mass is 16.1. The molecule has 0 saturated carbocycles. The van der Waals surface area contributed by atoms with Crippen molar-refractivity contribution in [2.45, 2.75) is 19.4 Å². The summed E-state index contributed by atoms with van der Waals surface area (Å²) in [5, 5.41) is 5.77. The van der Waals surface area contributed by atoms with Gasteiger partial charge in [-0.05, 0) is 18.6 Å². The molecule has 0 heterocycles. The van der Waals surface area contributed by atoms with Gasteiger partial charge in [0.1, 0.15) is 0 Å². The Labute approximate surface area is 96.2 Å². The molecule has 1 aromatic carbocycles. The van der Waals surface area contributed by atoms with Crippen LogP contribution in [-0.2, 0) is 0 Å². The molecule has 1 aromatic rings. The largest absolute Gasteiger partial charge is 0.387 e. The fourth-order valence-corrected chi connectivity index (χ4v) is 1.40. The Kier molecular flexibility index (Phi) is 4.41. The molecule has 1 atom stereocenters. The van der Waals surface area contributed by atoms with Crippen molar-refractivity contribution >= 4 is 11.6 Å². The van der Waals surface area contributed by atoms with Crippen LogP contribution < -0.4 is 10.6 Å². The Balaban J connectivity index is 2.85. The first-order valence-corrected chi connectivity index (χ1v) is 5.26. The van der Waals surface area contributed by atoms with Crippen molar-refractivity contribution in [3.8, 4) is 12.3 Å². The Morgan fingerprint density at radius 2 is 2.19 bits per heavy atom. The van der Waals surface area contributed by atoms with Crippen LogP contribution in [0.15, 0.2) is 24.3 Å². The SMILES string of the molecule is C#CC(CC)NC(=O)c1ccccc1NC. The summed E-state index contributed by atoms with van der Waals surface area (Å²) in [7, 11) is 1.78. The highest BCUT2D eigenvalue weighted by molar-refractivity contribution is 5.99. The Morgan fingerprint density at radius 1 is 1.50 bits per heavy atom. The molecule has 0 aliphatic rings. The second kappa shape index (κ2) is 5.82. The van der Waals surface area contributed by atoms with E-state index in [0.29, 0.717) is 5.56 Å². The van der Waals surface area contributed by atoms with Crippen LogP contribution >= 0.6 is 0 Å². The molecule has 1 rings (SSSR count). The summed E-state index contributed by atoms with van der Waals surface area (Å²) in [6.07, 6.45) is 6.03. The smallest absolute Gasteiger partial charge is 0.254 e. The zero-order chi connectivity index (χ0) is 12.0. The minimum atomic E-state index is -0.211. The van der Waals surface area contributed by atoms with Crippen LogP contribution in [0.3, 0.4) is 0 Å². The summed E-state index contributed by atoms with van der Waals surface area (Å²) < 4.78 is 0. The summed E-state index contributed by atoms with van der Waals surface area (Å²) in [5.74, 6) is 2.39. The number of carbonyl (C=O) groups is 1. The zero-order valence-electron chi connectivity index (χ0n) is 9.58. The number of hydrogen-bond acceptors (Lipinski definition) is 2. The molecule has 0 saturated heterocycles. The van der Waals surface area contributed by atoms with Crippen molar-refractivity contribution in [2.75, 3.05) is 12.4 Å². The number of carbonyl (C=O) groups excluding carboxylic acids is 1. The van der Waals surface area contributed by atoms with Gasteiger partial charge in [0.25, 0.3) is 5.91 Å². The van der Waals surface area contributed by atoms with Crippen molar-refractivity contribution < 1.29 is 4.79 Å². The van der Waals surface area contributed by atoms with Crippen LogP contribution in [0.25, 0.3) is 0 Å². The zero-order valence-corrected chi connectivity index (χ0v) is 9.58. The first-order valence-electron chi connectivity index (χ1n) is 5.26. The van der Waals surface area contributed by atoms with Gasteiger partial charge in [-0.3, -0.25) is 4.79 Å². The molecule has 2 N–H and O–H groups in total. The molecule has 0 aromatic heterocycles. The van der Waals surface area contributed by atoms with E-state index in [1.165, 1.54) is 0 Å². The first-order chi connectivity index (χ1) is 7.72. The van der Waals surface area contributed by atoms with Gasteiger partial charge in [-0.25, -0.2) is 0 Å². The lowest BCUT2D eigenvalue weighted by atomic mass is 10.1. The van der Waals surface area contributed by atoms with Gasteiger partial charge in [0, 0.05) is 12.7 Å². The van der Waals surface area contributed by atoms with Gasteiger partial charge in [0.05, 0.1) is 11.6 Å². The molecule has 0 spiro atoms. The maximum atomic E-state index is 11.9. The fourth-order valence-electron chi connectivity index (χ4n) is 1.40. The molecule has 0 bridgehead atoms. The summed E-state index contributed by atoms with van der Waals surface area (Å²) in [6.45, 7) is 1.94. The van der Waals surface area contributed by atoms with Crippen molar-refractivity contribution in [3.63, 3.8) is 0 Å². The lowest BCUT2D eigenvalue weighted by Gasteiger charge is -2.13. The lowest BCUT2D eigenvalue weighted by molar-refractivity contribution is 0.0946. The van der Waals surface area contributed by atoms with Gasteiger partial charge in [-0.2, -0.15) is 0 Å². The number of amides is 1. The summed E-state index contributed by atoms with van der Waals surface area (Å²) in [6, 6.07) is 7.11. The minimum Gasteiger partial charge on any atom is -0.387 e. The molecule has 16 heavy (non-hydrogen) atoms. The molecular formula is C13H16N2O. The van der Waals surface area contributed by atoms with E-state index in [9.17, 15) is 4.79 Å². The maximum absolute atomic E-state index is 11.9. The van der Waals surface area contributed by atoms with Crippen LogP contribution in [0.1, 0.15) is 23.7 Å². The van der Waals surface area contributed by atoms with Crippen molar-refractivity contribution in [1.82, 2.24) is 5.32 Å². The van der Waals surface area contributed by atoms with E-state index in [4.69, 9.17) is 6.42 Å². The van der Waals surface area contributed by atoms with Crippen LogP contribution in [0, 0.1) is 12.3 Å². The van der Waals surface area contributed by atoms with E-state index in [1.54, 1.807) is 13.1 Å². The number of rotatable bonds is 4. The molecule has 0 aliphatic heterocycles. The predicted octanol–water partition coefficient (Wildman–Crippen LogP) is 1.87. The third kappa shape index (κ3) is 2.77. The number of terminal acetylenes is 1. The molecule has 0 fully saturated rings. The van der Waals surface area contributed by atoms with E-state index in [0.717, 1.165) is 12.1 Å². The van der Waals surface area contributed by atoms with Crippen molar-refractivity contribution in [3.05, 3.63) is 29.8 Å². The minimum absolute atomic E-state index is 0.144. The van der Waals surface area contributed by atoms with Crippen LogP contribution in [0.5, 0.6) is 0 Å². The van der Waals surface area contributed by atoms with E-state index in [1.807, 2.05) is 25.1 Å². The monoisotopic (exact) mass is 216 g/mol. The molecule has 1 amide bonds. The Hall–Kier alpha value is -1.95. The lowest BCUT2D eigenvalue weighted by Crippen LogP contribution is -2.33. The molecule has 0 aliphatic carbocycles. The average molecular weight is 216 g/mol. The van der Waals surface area contributed by atoms with Gasteiger partial charge in [-0.15, -0.1) is 6.42 Å². The molecule has 3 heteroatoms. The maximum Gasteiger partial charge on any atom is 0.254 e. The normalized spacial score (nSPS) is 11.3. The Bertz CT molecular complexity index is 407. The van der Waals surface area contributed by atoms with Gasteiger partial charge < -0.3 is 10.6 Å². The molecule has 84 valence electrons. The first kappa shape index (κ1) is 12.1. The van der Waals surface area contributed by atoms with Crippen LogP contribution in [0.4, 0.5) is 5.69 Å².